The molecule has 2 rings (SSSR count). The van der Waals surface area contributed by atoms with Crippen LogP contribution in [0.3, 0.4) is 0 Å². The first kappa shape index (κ1) is 21.0. The first-order valence-corrected chi connectivity index (χ1v) is 9.66. The second-order valence-electron chi connectivity index (χ2n) is 7.01. The number of carbonyl (C=O) groups excluding carboxylic acids is 1. The summed E-state index contributed by atoms with van der Waals surface area (Å²) in [4.78, 5) is 20.0. The molecule has 1 unspecified atom stereocenters. The molecule has 2 N–H and O–H groups in total. The molecule has 1 atom stereocenters. The van der Waals surface area contributed by atoms with Crippen LogP contribution in [0.5, 0.6) is 0 Å². The minimum Gasteiger partial charge on any atom is -0.376 e. The summed E-state index contributed by atoms with van der Waals surface area (Å²) < 4.78 is 5.65. The van der Waals surface area contributed by atoms with Gasteiger partial charge in [0.15, 0.2) is 5.96 Å². The van der Waals surface area contributed by atoms with Gasteiger partial charge in [0.05, 0.1) is 6.10 Å². The second-order valence-corrected chi connectivity index (χ2v) is 7.01. The standard InChI is InChI=1S/C20H33N5O2/c1-24(2)19(26)16-23-20(22-15-18-11-7-14-27-18)21-12-8-13-25(3)17-9-5-4-6-10-17/h4-6,9-10,18H,7-8,11-16H2,1-3H3,(H2,21,22,23). The molecule has 1 heterocycles. The number of anilines is 1. The Kier molecular flexibility index (Phi) is 8.91. The van der Waals surface area contributed by atoms with Crippen LogP contribution < -0.4 is 15.5 Å². The maximum atomic E-state index is 11.8. The number of carbonyl (C=O) groups is 1. The highest BCUT2D eigenvalue weighted by atomic mass is 16.5. The first-order valence-electron chi connectivity index (χ1n) is 9.66. The molecule has 1 amide bonds. The van der Waals surface area contributed by atoms with Crippen LogP contribution in [0.25, 0.3) is 0 Å². The Morgan fingerprint density at radius 1 is 1.22 bits per heavy atom. The zero-order valence-electron chi connectivity index (χ0n) is 16.8. The lowest BCUT2D eigenvalue weighted by Crippen LogP contribution is -2.42. The van der Waals surface area contributed by atoms with Gasteiger partial charge in [-0.3, -0.25) is 4.79 Å². The number of likely N-dealkylation sites (N-methyl/N-ethyl adjacent to an activating group) is 1. The van der Waals surface area contributed by atoms with Crippen molar-refractivity contribution in [3.63, 3.8) is 0 Å². The number of amides is 1. The van der Waals surface area contributed by atoms with Gasteiger partial charge in [0.25, 0.3) is 0 Å². The minimum absolute atomic E-state index is 0.0166. The van der Waals surface area contributed by atoms with E-state index in [0.717, 1.165) is 39.0 Å². The molecule has 0 radical (unpaired) electrons. The van der Waals surface area contributed by atoms with Gasteiger partial charge < -0.3 is 25.2 Å². The van der Waals surface area contributed by atoms with E-state index in [-0.39, 0.29) is 18.6 Å². The number of guanidine groups is 1. The highest BCUT2D eigenvalue weighted by Crippen LogP contribution is 2.11. The summed E-state index contributed by atoms with van der Waals surface area (Å²) in [7, 11) is 5.57. The SMILES string of the molecule is CN(C)C(=O)CN=C(NCCCN(C)c1ccccc1)NCC1CCCO1. The average molecular weight is 376 g/mol. The zero-order valence-corrected chi connectivity index (χ0v) is 16.8. The van der Waals surface area contributed by atoms with E-state index in [9.17, 15) is 4.79 Å². The molecular weight excluding hydrogens is 342 g/mol. The van der Waals surface area contributed by atoms with Crippen LogP contribution in [0.2, 0.25) is 0 Å². The number of hydrogen-bond donors (Lipinski definition) is 2. The zero-order chi connectivity index (χ0) is 19.5. The van der Waals surface area contributed by atoms with Gasteiger partial charge in [-0.25, -0.2) is 4.99 Å². The molecule has 7 nitrogen and oxygen atoms in total. The van der Waals surface area contributed by atoms with Crippen molar-refractivity contribution in [2.75, 3.05) is 58.8 Å². The van der Waals surface area contributed by atoms with Crippen molar-refractivity contribution in [1.29, 1.82) is 0 Å². The smallest absolute Gasteiger partial charge is 0.243 e. The summed E-state index contributed by atoms with van der Waals surface area (Å²) in [6.45, 7) is 3.40. The topological polar surface area (TPSA) is 69.2 Å². The molecule has 0 bridgehead atoms. The first-order chi connectivity index (χ1) is 13.1. The third-order valence-corrected chi connectivity index (χ3v) is 4.55. The number of nitrogens with zero attached hydrogens (tertiary/aromatic N) is 3. The van der Waals surface area contributed by atoms with E-state index >= 15 is 0 Å². The number of hydrogen-bond acceptors (Lipinski definition) is 4. The molecule has 1 fully saturated rings. The van der Waals surface area contributed by atoms with Gasteiger partial charge in [-0.1, -0.05) is 18.2 Å². The summed E-state index contributed by atoms with van der Waals surface area (Å²) in [6, 6.07) is 10.3. The minimum atomic E-state index is -0.0166. The third kappa shape index (κ3) is 7.86. The van der Waals surface area contributed by atoms with E-state index in [0.29, 0.717) is 12.5 Å². The van der Waals surface area contributed by atoms with E-state index < -0.39 is 0 Å². The molecular formula is C20H33N5O2. The quantitative estimate of drug-likeness (QED) is 0.387. The Balaban J connectivity index is 1.77. The van der Waals surface area contributed by atoms with Gasteiger partial charge >= 0.3 is 0 Å². The second kappa shape index (κ2) is 11.4. The Hall–Kier alpha value is -2.28. The van der Waals surface area contributed by atoms with Crippen molar-refractivity contribution >= 4 is 17.6 Å². The van der Waals surface area contributed by atoms with Gasteiger partial charge in [0, 0.05) is 53.1 Å². The Labute approximate surface area is 162 Å². The lowest BCUT2D eigenvalue weighted by atomic mass is 10.2. The van der Waals surface area contributed by atoms with Gasteiger partial charge in [-0.15, -0.1) is 0 Å². The third-order valence-electron chi connectivity index (χ3n) is 4.55. The van der Waals surface area contributed by atoms with E-state index in [1.807, 2.05) is 18.2 Å². The summed E-state index contributed by atoms with van der Waals surface area (Å²) in [5.41, 5.74) is 1.21. The molecule has 0 saturated carbocycles. The van der Waals surface area contributed by atoms with Crippen LogP contribution in [0, 0.1) is 0 Å². The molecule has 150 valence electrons. The Bertz CT molecular complexity index is 585. The number of aliphatic imine (C=N–C) groups is 1. The molecule has 0 aliphatic carbocycles. The molecule has 27 heavy (non-hydrogen) atoms. The van der Waals surface area contributed by atoms with Crippen LogP contribution >= 0.6 is 0 Å². The predicted octanol–water partition coefficient (Wildman–Crippen LogP) is 1.32. The van der Waals surface area contributed by atoms with Crippen molar-refractivity contribution in [2.45, 2.75) is 25.4 Å². The molecule has 1 aromatic rings. The van der Waals surface area contributed by atoms with E-state index in [2.05, 4.69) is 39.7 Å². The molecule has 7 heteroatoms. The van der Waals surface area contributed by atoms with E-state index in [1.165, 1.54) is 5.69 Å². The lowest BCUT2D eigenvalue weighted by Gasteiger charge is -2.20. The van der Waals surface area contributed by atoms with Gasteiger partial charge in [-0.2, -0.15) is 0 Å². The van der Waals surface area contributed by atoms with Crippen molar-refractivity contribution in [3.05, 3.63) is 30.3 Å². The van der Waals surface area contributed by atoms with Gasteiger partial charge in [-0.05, 0) is 31.4 Å². The lowest BCUT2D eigenvalue weighted by molar-refractivity contribution is -0.127. The summed E-state index contributed by atoms with van der Waals surface area (Å²) >= 11 is 0. The Morgan fingerprint density at radius 2 is 2.00 bits per heavy atom. The van der Waals surface area contributed by atoms with E-state index in [1.54, 1.807) is 19.0 Å². The Morgan fingerprint density at radius 3 is 2.67 bits per heavy atom. The molecule has 1 aliphatic heterocycles. The normalized spacial score (nSPS) is 16.9. The van der Waals surface area contributed by atoms with Crippen LogP contribution in [-0.2, 0) is 9.53 Å². The predicted molar refractivity (Wildman–Crippen MR) is 110 cm³/mol. The van der Waals surface area contributed by atoms with Crippen molar-refractivity contribution in [3.8, 4) is 0 Å². The molecule has 1 aliphatic rings. The molecule has 0 spiro atoms. The van der Waals surface area contributed by atoms with Crippen LogP contribution in [0.15, 0.2) is 35.3 Å². The molecule has 1 saturated heterocycles. The maximum Gasteiger partial charge on any atom is 0.243 e. The summed E-state index contributed by atoms with van der Waals surface area (Å²) in [6.07, 6.45) is 3.37. The fourth-order valence-corrected chi connectivity index (χ4v) is 2.81. The maximum absolute atomic E-state index is 11.8. The number of ether oxygens (including phenoxy) is 1. The fraction of sp³-hybridized carbons (Fsp3) is 0.600. The monoisotopic (exact) mass is 375 g/mol. The van der Waals surface area contributed by atoms with Gasteiger partial charge in [0.1, 0.15) is 6.54 Å². The number of benzene rings is 1. The van der Waals surface area contributed by atoms with Crippen LogP contribution in [0.1, 0.15) is 19.3 Å². The van der Waals surface area contributed by atoms with Crippen molar-refractivity contribution in [2.24, 2.45) is 4.99 Å². The van der Waals surface area contributed by atoms with Crippen LogP contribution in [-0.4, -0.2) is 76.8 Å². The van der Waals surface area contributed by atoms with Gasteiger partial charge in [0.2, 0.25) is 5.91 Å². The fourth-order valence-electron chi connectivity index (χ4n) is 2.81. The summed E-state index contributed by atoms with van der Waals surface area (Å²) in [5, 5.41) is 6.64. The summed E-state index contributed by atoms with van der Waals surface area (Å²) in [5.74, 6) is 0.653. The molecule has 0 aromatic heterocycles. The average Bonchev–Trinajstić information content (AvgIpc) is 3.20. The number of para-hydroxylation sites is 1. The van der Waals surface area contributed by atoms with Crippen molar-refractivity contribution in [1.82, 2.24) is 15.5 Å². The van der Waals surface area contributed by atoms with Crippen LogP contribution in [0.4, 0.5) is 5.69 Å². The highest BCUT2D eigenvalue weighted by molar-refractivity contribution is 5.84. The molecule has 1 aromatic carbocycles. The largest absolute Gasteiger partial charge is 0.376 e. The number of rotatable bonds is 9. The number of nitrogens with one attached hydrogen (secondary N) is 2. The van der Waals surface area contributed by atoms with E-state index in [4.69, 9.17) is 4.74 Å². The van der Waals surface area contributed by atoms with Crippen molar-refractivity contribution < 1.29 is 9.53 Å². The highest BCUT2D eigenvalue weighted by Gasteiger charge is 2.15.